The topological polar surface area (TPSA) is 72.2 Å². The van der Waals surface area contributed by atoms with Gasteiger partial charge in [0.1, 0.15) is 12.1 Å². The van der Waals surface area contributed by atoms with Gasteiger partial charge in [-0.3, -0.25) is 9.59 Å². The third-order valence-electron chi connectivity index (χ3n) is 7.14. The number of piperidine rings is 1. The summed E-state index contributed by atoms with van der Waals surface area (Å²) in [6.45, 7) is 5.51. The van der Waals surface area contributed by atoms with Gasteiger partial charge in [0, 0.05) is 42.0 Å². The van der Waals surface area contributed by atoms with E-state index in [9.17, 15) is 9.59 Å². The van der Waals surface area contributed by atoms with Crippen molar-refractivity contribution in [2.45, 2.75) is 51.7 Å². The summed E-state index contributed by atoms with van der Waals surface area (Å²) in [7, 11) is 0. The molecule has 3 heterocycles. The third kappa shape index (κ3) is 5.00. The van der Waals surface area contributed by atoms with Crippen molar-refractivity contribution in [2.24, 2.45) is 0 Å². The van der Waals surface area contributed by atoms with Crippen molar-refractivity contribution in [1.29, 1.82) is 0 Å². The number of likely N-dealkylation sites (tertiary alicyclic amines) is 1. The first-order valence-electron chi connectivity index (χ1n) is 12.6. The van der Waals surface area contributed by atoms with Crippen LogP contribution in [0.2, 0.25) is 0 Å². The summed E-state index contributed by atoms with van der Waals surface area (Å²) in [6, 6.07) is 18.7. The lowest BCUT2D eigenvalue weighted by Crippen LogP contribution is -2.40. The predicted molar refractivity (Wildman–Crippen MR) is 140 cm³/mol. The van der Waals surface area contributed by atoms with Crippen molar-refractivity contribution in [3.05, 3.63) is 76.7 Å². The summed E-state index contributed by atoms with van der Waals surface area (Å²) in [5, 5.41) is 9.13. The fraction of sp³-hybridized carbons (Fsp3) is 0.393. The van der Waals surface area contributed by atoms with E-state index >= 15 is 0 Å². The maximum Gasteiger partial charge on any atom is 0.291 e. The van der Waals surface area contributed by atoms with E-state index in [-0.39, 0.29) is 18.0 Å². The second-order valence-corrected chi connectivity index (χ2v) is 9.54. The molecule has 182 valence electrons. The number of carbonyl (C=O) groups is 1. The zero-order valence-electron chi connectivity index (χ0n) is 20.3. The van der Waals surface area contributed by atoms with Gasteiger partial charge in [0.2, 0.25) is 5.91 Å². The van der Waals surface area contributed by atoms with Gasteiger partial charge >= 0.3 is 0 Å². The molecule has 1 atom stereocenters. The number of amides is 1. The average Bonchev–Trinajstić information content (AvgIpc) is 3.19. The normalized spacial score (nSPS) is 16.7. The first-order chi connectivity index (χ1) is 17.1. The van der Waals surface area contributed by atoms with Gasteiger partial charge in [-0.25, -0.2) is 4.68 Å². The molecule has 0 saturated carbocycles. The Labute approximate surface area is 205 Å². The first kappa shape index (κ1) is 23.3. The van der Waals surface area contributed by atoms with Gasteiger partial charge in [0.05, 0.1) is 6.20 Å². The standard InChI is InChI=1S/C28H33N5O2/c1-21-10-7-8-16-31(21)17-9-15-29-26(34)20-33-28(35)27-24(18-30-33)23-13-5-6-14-25(23)32(27)19-22-11-3-2-4-12-22/h2-6,11-14,18,21H,7-10,15-17,19-20H2,1H3,(H,29,34)/t21-/m0/s1. The van der Waals surface area contributed by atoms with Crippen LogP contribution in [0.5, 0.6) is 0 Å². The van der Waals surface area contributed by atoms with Crippen LogP contribution in [0, 0.1) is 0 Å². The molecule has 1 amide bonds. The van der Waals surface area contributed by atoms with Gasteiger partial charge in [0.25, 0.3) is 5.56 Å². The van der Waals surface area contributed by atoms with Crippen molar-refractivity contribution in [2.75, 3.05) is 19.6 Å². The second kappa shape index (κ2) is 10.4. The maximum atomic E-state index is 13.5. The van der Waals surface area contributed by atoms with E-state index in [4.69, 9.17) is 0 Å². The fourth-order valence-electron chi connectivity index (χ4n) is 5.23. The number of hydrogen-bond donors (Lipinski definition) is 1. The smallest absolute Gasteiger partial charge is 0.291 e. The SMILES string of the molecule is C[C@H]1CCCCN1CCCNC(=O)Cn1ncc2c3ccccc3n(Cc3ccccc3)c2c1=O. The van der Waals surface area contributed by atoms with Gasteiger partial charge in [-0.05, 0) is 44.4 Å². The van der Waals surface area contributed by atoms with Crippen molar-refractivity contribution in [3.63, 3.8) is 0 Å². The van der Waals surface area contributed by atoms with Crippen LogP contribution in [0.25, 0.3) is 21.8 Å². The van der Waals surface area contributed by atoms with Crippen molar-refractivity contribution < 1.29 is 4.79 Å². The molecular formula is C28H33N5O2. The van der Waals surface area contributed by atoms with Crippen LogP contribution in [-0.2, 0) is 17.9 Å². The molecule has 7 heteroatoms. The number of nitrogens with one attached hydrogen (secondary N) is 1. The number of para-hydroxylation sites is 1. The Morgan fingerprint density at radius 2 is 1.86 bits per heavy atom. The lowest BCUT2D eigenvalue weighted by molar-refractivity contribution is -0.121. The zero-order chi connectivity index (χ0) is 24.2. The number of hydrogen-bond acceptors (Lipinski definition) is 4. The first-order valence-corrected chi connectivity index (χ1v) is 12.6. The molecule has 1 aliphatic rings. The van der Waals surface area contributed by atoms with E-state index in [1.807, 2.05) is 47.0 Å². The number of rotatable bonds is 8. The summed E-state index contributed by atoms with van der Waals surface area (Å²) in [5.74, 6) is -0.184. The van der Waals surface area contributed by atoms with Crippen LogP contribution in [0.1, 0.15) is 38.2 Å². The highest BCUT2D eigenvalue weighted by Gasteiger charge is 2.19. The van der Waals surface area contributed by atoms with E-state index in [0.717, 1.165) is 41.4 Å². The molecule has 1 fully saturated rings. The number of carbonyl (C=O) groups excluding carboxylic acids is 1. The highest BCUT2D eigenvalue weighted by molar-refractivity contribution is 6.07. The third-order valence-corrected chi connectivity index (χ3v) is 7.14. The molecule has 1 saturated heterocycles. The quantitative estimate of drug-likeness (QED) is 0.397. The van der Waals surface area contributed by atoms with E-state index in [1.54, 1.807) is 6.20 Å². The van der Waals surface area contributed by atoms with Crippen LogP contribution in [0.3, 0.4) is 0 Å². The van der Waals surface area contributed by atoms with Crippen molar-refractivity contribution in [3.8, 4) is 0 Å². The summed E-state index contributed by atoms with van der Waals surface area (Å²) >= 11 is 0. The highest BCUT2D eigenvalue weighted by Crippen LogP contribution is 2.27. The molecule has 1 aliphatic heterocycles. The minimum absolute atomic E-state index is 0.0816. The van der Waals surface area contributed by atoms with Gasteiger partial charge < -0.3 is 14.8 Å². The van der Waals surface area contributed by atoms with Crippen LogP contribution in [0.4, 0.5) is 0 Å². The van der Waals surface area contributed by atoms with E-state index in [2.05, 4.69) is 34.4 Å². The molecule has 0 unspecified atom stereocenters. The van der Waals surface area contributed by atoms with Gasteiger partial charge in [-0.15, -0.1) is 0 Å². The number of aromatic nitrogens is 3. The minimum atomic E-state index is -0.244. The molecule has 0 spiro atoms. The van der Waals surface area contributed by atoms with Gasteiger partial charge in [-0.2, -0.15) is 5.10 Å². The molecule has 2 aromatic heterocycles. The zero-order valence-corrected chi connectivity index (χ0v) is 20.3. The Hall–Kier alpha value is -3.45. The molecule has 5 rings (SSSR count). The molecule has 0 radical (unpaired) electrons. The predicted octanol–water partition coefficient (Wildman–Crippen LogP) is 3.78. The molecule has 2 aromatic carbocycles. The Bertz CT molecular complexity index is 1370. The average molecular weight is 472 g/mol. The maximum absolute atomic E-state index is 13.5. The Morgan fingerprint density at radius 1 is 1.06 bits per heavy atom. The molecule has 1 N–H and O–H groups in total. The lowest BCUT2D eigenvalue weighted by Gasteiger charge is -2.33. The molecular weight excluding hydrogens is 438 g/mol. The van der Waals surface area contributed by atoms with Crippen molar-refractivity contribution in [1.82, 2.24) is 24.6 Å². The summed E-state index contributed by atoms with van der Waals surface area (Å²) in [5.41, 5.74) is 2.43. The summed E-state index contributed by atoms with van der Waals surface area (Å²) in [6.07, 6.45) is 6.44. The molecule has 35 heavy (non-hydrogen) atoms. The van der Waals surface area contributed by atoms with Gasteiger partial charge in [0.15, 0.2) is 0 Å². The van der Waals surface area contributed by atoms with E-state index in [0.29, 0.717) is 24.6 Å². The number of benzene rings is 2. The van der Waals surface area contributed by atoms with E-state index < -0.39 is 0 Å². The molecule has 7 nitrogen and oxygen atoms in total. The summed E-state index contributed by atoms with van der Waals surface area (Å²) in [4.78, 5) is 28.6. The Kier molecular flexibility index (Phi) is 6.95. The number of nitrogens with zero attached hydrogens (tertiary/aromatic N) is 4. The highest BCUT2D eigenvalue weighted by atomic mass is 16.2. The number of fused-ring (bicyclic) bond motifs is 3. The minimum Gasteiger partial charge on any atom is -0.354 e. The molecule has 0 bridgehead atoms. The van der Waals surface area contributed by atoms with Crippen LogP contribution in [0.15, 0.2) is 65.6 Å². The Balaban J connectivity index is 1.33. The summed E-state index contributed by atoms with van der Waals surface area (Å²) < 4.78 is 3.32. The van der Waals surface area contributed by atoms with Crippen molar-refractivity contribution >= 4 is 27.7 Å². The van der Waals surface area contributed by atoms with Crippen LogP contribution in [-0.4, -0.2) is 50.8 Å². The lowest BCUT2D eigenvalue weighted by atomic mass is 10.0. The van der Waals surface area contributed by atoms with Gasteiger partial charge in [-0.1, -0.05) is 55.0 Å². The van der Waals surface area contributed by atoms with Crippen LogP contribution >= 0.6 is 0 Å². The second-order valence-electron chi connectivity index (χ2n) is 9.54. The van der Waals surface area contributed by atoms with Crippen LogP contribution < -0.4 is 10.9 Å². The van der Waals surface area contributed by atoms with E-state index in [1.165, 1.54) is 23.9 Å². The molecule has 0 aliphatic carbocycles. The Morgan fingerprint density at radius 3 is 2.69 bits per heavy atom. The molecule has 4 aromatic rings. The largest absolute Gasteiger partial charge is 0.354 e. The monoisotopic (exact) mass is 471 g/mol. The fourth-order valence-corrected chi connectivity index (χ4v) is 5.23.